The van der Waals surface area contributed by atoms with Crippen LogP contribution in [-0.2, 0) is 11.2 Å². The van der Waals surface area contributed by atoms with E-state index >= 15 is 0 Å². The second-order valence-electron chi connectivity index (χ2n) is 7.87. The molecule has 0 bridgehead atoms. The van der Waals surface area contributed by atoms with Crippen LogP contribution in [0.4, 0.5) is 5.82 Å². The van der Waals surface area contributed by atoms with Gasteiger partial charge in [-0.1, -0.05) is 42.8 Å². The molecule has 1 aromatic carbocycles. The van der Waals surface area contributed by atoms with Crippen LogP contribution in [0.3, 0.4) is 0 Å². The number of likely N-dealkylation sites (tertiary alicyclic amines) is 1. The van der Waals surface area contributed by atoms with E-state index in [-0.39, 0.29) is 5.91 Å². The number of pyridine rings is 1. The van der Waals surface area contributed by atoms with Crippen LogP contribution in [0.5, 0.6) is 0 Å². The van der Waals surface area contributed by atoms with Gasteiger partial charge < -0.3 is 9.80 Å². The van der Waals surface area contributed by atoms with Crippen LogP contribution in [0.25, 0.3) is 0 Å². The predicted molar refractivity (Wildman–Crippen MR) is 112 cm³/mol. The third-order valence-corrected chi connectivity index (χ3v) is 6.01. The summed E-state index contributed by atoms with van der Waals surface area (Å²) in [5, 5.41) is 0. The maximum atomic E-state index is 13.0. The van der Waals surface area contributed by atoms with Crippen molar-refractivity contribution < 1.29 is 4.79 Å². The van der Waals surface area contributed by atoms with E-state index in [1.54, 1.807) is 0 Å². The first-order valence-corrected chi connectivity index (χ1v) is 10.5. The lowest BCUT2D eigenvalue weighted by atomic mass is 9.95. The molecule has 1 atom stereocenters. The topological polar surface area (TPSA) is 39.7 Å². The van der Waals surface area contributed by atoms with Gasteiger partial charge in [-0.2, -0.15) is 0 Å². The molecule has 5 heteroatoms. The summed E-state index contributed by atoms with van der Waals surface area (Å²) in [7, 11) is 0. The SMILES string of the molecule is O=C(CN1CCCCC1Cc1ccccc1)N1CCN(c2ccccn2)CC1. The number of piperazine rings is 1. The molecule has 0 radical (unpaired) electrons. The largest absolute Gasteiger partial charge is 0.353 e. The lowest BCUT2D eigenvalue weighted by Gasteiger charge is -2.39. The highest BCUT2D eigenvalue weighted by atomic mass is 16.2. The second kappa shape index (κ2) is 9.20. The van der Waals surface area contributed by atoms with Crippen molar-refractivity contribution >= 4 is 11.7 Å². The summed E-state index contributed by atoms with van der Waals surface area (Å²) in [6.45, 7) is 4.88. The first-order chi connectivity index (χ1) is 13.8. The van der Waals surface area contributed by atoms with Crippen LogP contribution in [0.2, 0.25) is 0 Å². The van der Waals surface area contributed by atoms with Crippen molar-refractivity contribution in [3.63, 3.8) is 0 Å². The second-order valence-corrected chi connectivity index (χ2v) is 7.87. The Hall–Kier alpha value is -2.40. The molecule has 2 aliphatic rings. The number of carbonyl (C=O) groups excluding carboxylic acids is 1. The molecular formula is C23H30N4O. The Morgan fingerprint density at radius 2 is 1.71 bits per heavy atom. The molecule has 28 heavy (non-hydrogen) atoms. The molecule has 1 aromatic heterocycles. The third-order valence-electron chi connectivity index (χ3n) is 6.01. The molecule has 0 N–H and O–H groups in total. The fourth-order valence-corrected chi connectivity index (χ4v) is 4.38. The Morgan fingerprint density at radius 3 is 2.46 bits per heavy atom. The highest BCUT2D eigenvalue weighted by Gasteiger charge is 2.28. The number of amides is 1. The van der Waals surface area contributed by atoms with Crippen LogP contribution in [-0.4, -0.2) is 66.0 Å². The maximum Gasteiger partial charge on any atom is 0.236 e. The highest BCUT2D eigenvalue weighted by molar-refractivity contribution is 5.78. The average Bonchev–Trinajstić information content (AvgIpc) is 2.76. The fraction of sp³-hybridized carbons (Fsp3) is 0.478. The highest BCUT2D eigenvalue weighted by Crippen LogP contribution is 2.21. The van der Waals surface area contributed by atoms with Crippen molar-refractivity contribution in [2.45, 2.75) is 31.7 Å². The van der Waals surface area contributed by atoms with Gasteiger partial charge in [0.05, 0.1) is 6.54 Å². The Balaban J connectivity index is 1.31. The molecule has 1 amide bonds. The van der Waals surface area contributed by atoms with Crippen molar-refractivity contribution in [3.05, 3.63) is 60.3 Å². The first-order valence-electron chi connectivity index (χ1n) is 10.5. The summed E-state index contributed by atoms with van der Waals surface area (Å²) in [6.07, 6.45) is 6.53. The summed E-state index contributed by atoms with van der Waals surface area (Å²) in [5.41, 5.74) is 1.37. The van der Waals surface area contributed by atoms with E-state index in [1.807, 2.05) is 29.3 Å². The zero-order chi connectivity index (χ0) is 19.2. The monoisotopic (exact) mass is 378 g/mol. The average molecular weight is 379 g/mol. The number of piperidine rings is 1. The number of carbonyl (C=O) groups is 1. The molecule has 0 saturated carbocycles. The van der Waals surface area contributed by atoms with E-state index in [0.717, 1.165) is 45.0 Å². The molecule has 2 saturated heterocycles. The van der Waals surface area contributed by atoms with E-state index in [4.69, 9.17) is 0 Å². The number of rotatable bonds is 5. The van der Waals surface area contributed by atoms with Gasteiger partial charge in [0.15, 0.2) is 0 Å². The minimum atomic E-state index is 0.278. The number of hydrogen-bond donors (Lipinski definition) is 0. The molecule has 1 unspecified atom stereocenters. The van der Waals surface area contributed by atoms with Crippen LogP contribution >= 0.6 is 0 Å². The Morgan fingerprint density at radius 1 is 0.929 bits per heavy atom. The lowest BCUT2D eigenvalue weighted by molar-refractivity contribution is -0.133. The van der Waals surface area contributed by atoms with Gasteiger partial charge in [0.25, 0.3) is 0 Å². The number of aromatic nitrogens is 1. The standard InChI is InChI=1S/C23H30N4O/c28-23(26-16-14-25(15-17-26)22-11-4-6-12-24-22)19-27-13-7-5-10-21(27)18-20-8-2-1-3-9-20/h1-4,6,8-9,11-12,21H,5,7,10,13-19H2. The minimum Gasteiger partial charge on any atom is -0.353 e. The quantitative estimate of drug-likeness (QED) is 0.802. The summed E-state index contributed by atoms with van der Waals surface area (Å²) in [5.74, 6) is 1.29. The van der Waals surface area contributed by atoms with Gasteiger partial charge in [-0.3, -0.25) is 9.69 Å². The number of benzene rings is 1. The molecule has 2 aliphatic heterocycles. The molecule has 0 aliphatic carbocycles. The molecule has 4 rings (SSSR count). The van der Waals surface area contributed by atoms with Gasteiger partial charge >= 0.3 is 0 Å². The first kappa shape index (κ1) is 18.9. The summed E-state index contributed by atoms with van der Waals surface area (Å²) in [4.78, 5) is 24.1. The molecule has 148 valence electrons. The number of hydrogen-bond acceptors (Lipinski definition) is 4. The van der Waals surface area contributed by atoms with Gasteiger partial charge in [-0.25, -0.2) is 4.98 Å². The predicted octanol–water partition coefficient (Wildman–Crippen LogP) is 2.83. The minimum absolute atomic E-state index is 0.278. The number of nitrogens with zero attached hydrogens (tertiary/aromatic N) is 4. The lowest BCUT2D eigenvalue weighted by Crippen LogP contribution is -2.53. The zero-order valence-electron chi connectivity index (χ0n) is 16.5. The van der Waals surface area contributed by atoms with Crippen LogP contribution in [0.15, 0.2) is 54.7 Å². The van der Waals surface area contributed by atoms with Crippen LogP contribution in [0.1, 0.15) is 24.8 Å². The molecule has 5 nitrogen and oxygen atoms in total. The molecule has 3 heterocycles. The van der Waals surface area contributed by atoms with Gasteiger partial charge in [0.1, 0.15) is 5.82 Å². The van der Waals surface area contributed by atoms with E-state index < -0.39 is 0 Å². The Labute approximate surface area is 168 Å². The van der Waals surface area contributed by atoms with Gasteiger partial charge in [0, 0.05) is 38.4 Å². The van der Waals surface area contributed by atoms with E-state index in [2.05, 4.69) is 45.1 Å². The van der Waals surface area contributed by atoms with Crippen molar-refractivity contribution in [3.8, 4) is 0 Å². The molecule has 2 aromatic rings. The summed E-state index contributed by atoms with van der Waals surface area (Å²) >= 11 is 0. The normalized spacial score (nSPS) is 20.9. The molecular weight excluding hydrogens is 348 g/mol. The summed E-state index contributed by atoms with van der Waals surface area (Å²) in [6, 6.07) is 17.2. The van der Waals surface area contributed by atoms with Crippen molar-refractivity contribution in [2.75, 3.05) is 44.2 Å². The van der Waals surface area contributed by atoms with Gasteiger partial charge in [-0.15, -0.1) is 0 Å². The fourth-order valence-electron chi connectivity index (χ4n) is 4.38. The maximum absolute atomic E-state index is 13.0. The van der Waals surface area contributed by atoms with Crippen molar-refractivity contribution in [1.82, 2.24) is 14.8 Å². The smallest absolute Gasteiger partial charge is 0.236 e. The van der Waals surface area contributed by atoms with Crippen molar-refractivity contribution in [1.29, 1.82) is 0 Å². The van der Waals surface area contributed by atoms with E-state index in [9.17, 15) is 4.79 Å². The van der Waals surface area contributed by atoms with E-state index in [1.165, 1.54) is 24.8 Å². The summed E-state index contributed by atoms with van der Waals surface area (Å²) < 4.78 is 0. The Bertz CT molecular complexity index is 744. The zero-order valence-corrected chi connectivity index (χ0v) is 16.5. The molecule has 2 fully saturated rings. The number of anilines is 1. The van der Waals surface area contributed by atoms with Gasteiger partial charge in [-0.05, 0) is 43.5 Å². The van der Waals surface area contributed by atoms with Gasteiger partial charge in [0.2, 0.25) is 5.91 Å². The van der Waals surface area contributed by atoms with Crippen LogP contribution < -0.4 is 4.90 Å². The van der Waals surface area contributed by atoms with E-state index in [0.29, 0.717) is 12.6 Å². The molecule has 0 spiro atoms. The van der Waals surface area contributed by atoms with Crippen molar-refractivity contribution in [2.24, 2.45) is 0 Å². The third kappa shape index (κ3) is 4.71. The Kier molecular flexibility index (Phi) is 6.22. The van der Waals surface area contributed by atoms with Crippen LogP contribution in [0, 0.1) is 0 Å².